The van der Waals surface area contributed by atoms with Crippen LogP contribution in [0.1, 0.15) is 61.0 Å². The fraction of sp³-hybridized carbons (Fsp3) is 0.500. The number of carbonyl (C=O) groups is 1. The molecule has 2 aromatic rings. The van der Waals surface area contributed by atoms with Crippen molar-refractivity contribution in [2.45, 2.75) is 45.4 Å². The Morgan fingerprint density at radius 1 is 1.45 bits per heavy atom. The number of nitrogens with one attached hydrogen (secondary N) is 1. The molecule has 20 heavy (non-hydrogen) atoms. The highest BCUT2D eigenvalue weighted by molar-refractivity contribution is 7.15. The van der Waals surface area contributed by atoms with Crippen molar-refractivity contribution in [2.24, 2.45) is 0 Å². The van der Waals surface area contributed by atoms with E-state index in [1.807, 2.05) is 0 Å². The smallest absolute Gasteiger partial charge is 0.293 e. The second-order valence-electron chi connectivity index (χ2n) is 4.62. The molecule has 1 atom stereocenters. The first kappa shape index (κ1) is 14.7. The highest BCUT2D eigenvalue weighted by Crippen LogP contribution is 2.29. The molecule has 1 amide bonds. The van der Waals surface area contributed by atoms with Gasteiger partial charge in [-0.05, 0) is 25.0 Å². The highest BCUT2D eigenvalue weighted by Gasteiger charge is 2.17. The van der Waals surface area contributed by atoms with Gasteiger partial charge >= 0.3 is 0 Å². The molecule has 0 aliphatic heterocycles. The maximum Gasteiger partial charge on any atom is 0.293 e. The number of amides is 1. The molecule has 5 nitrogen and oxygen atoms in total. The van der Waals surface area contributed by atoms with Crippen molar-refractivity contribution in [1.29, 1.82) is 0 Å². The van der Waals surface area contributed by atoms with Crippen molar-refractivity contribution in [3.8, 4) is 0 Å². The zero-order valence-corrected chi connectivity index (χ0v) is 12.6. The summed E-state index contributed by atoms with van der Waals surface area (Å²) in [6.07, 6.45) is 6.00. The average Bonchev–Trinajstić information content (AvgIpc) is 3.11. The Morgan fingerprint density at radius 3 is 2.95 bits per heavy atom. The van der Waals surface area contributed by atoms with Gasteiger partial charge in [0.15, 0.2) is 5.76 Å². The van der Waals surface area contributed by atoms with Gasteiger partial charge in [-0.3, -0.25) is 10.1 Å². The quantitative estimate of drug-likeness (QED) is 0.835. The Hall–Kier alpha value is -1.69. The highest BCUT2D eigenvalue weighted by atomic mass is 32.1. The molecule has 0 aromatic carbocycles. The van der Waals surface area contributed by atoms with Crippen LogP contribution in [0, 0.1) is 0 Å². The summed E-state index contributed by atoms with van der Waals surface area (Å²) in [5, 5.41) is 12.5. The number of furan rings is 1. The van der Waals surface area contributed by atoms with E-state index in [9.17, 15) is 4.79 Å². The van der Waals surface area contributed by atoms with Crippen molar-refractivity contribution in [3.05, 3.63) is 29.2 Å². The van der Waals surface area contributed by atoms with Gasteiger partial charge in [-0.15, -0.1) is 10.2 Å². The van der Waals surface area contributed by atoms with Crippen molar-refractivity contribution in [3.63, 3.8) is 0 Å². The minimum Gasteiger partial charge on any atom is -0.459 e. The molecular weight excluding hydrogens is 274 g/mol. The van der Waals surface area contributed by atoms with E-state index in [1.54, 1.807) is 12.1 Å². The van der Waals surface area contributed by atoms with Crippen molar-refractivity contribution in [2.75, 3.05) is 5.32 Å². The van der Waals surface area contributed by atoms with Gasteiger partial charge in [-0.25, -0.2) is 0 Å². The number of hydrogen-bond donors (Lipinski definition) is 1. The zero-order chi connectivity index (χ0) is 14.4. The lowest BCUT2D eigenvalue weighted by molar-refractivity contribution is 0.0996. The van der Waals surface area contributed by atoms with E-state index in [-0.39, 0.29) is 11.7 Å². The summed E-state index contributed by atoms with van der Waals surface area (Å²) in [5.41, 5.74) is 0. The lowest BCUT2D eigenvalue weighted by atomic mass is 10.0. The first-order chi connectivity index (χ1) is 9.74. The van der Waals surface area contributed by atoms with Crippen LogP contribution in [0.2, 0.25) is 0 Å². The van der Waals surface area contributed by atoms with Crippen LogP contribution in [-0.4, -0.2) is 16.1 Å². The van der Waals surface area contributed by atoms with Crippen molar-refractivity contribution >= 4 is 22.4 Å². The molecule has 0 saturated carbocycles. The summed E-state index contributed by atoms with van der Waals surface area (Å²) in [6, 6.07) is 3.30. The van der Waals surface area contributed by atoms with Crippen LogP contribution in [0.15, 0.2) is 22.8 Å². The Kier molecular flexibility index (Phi) is 5.29. The molecule has 0 spiro atoms. The van der Waals surface area contributed by atoms with E-state index in [0.717, 1.165) is 17.8 Å². The molecule has 0 radical (unpaired) electrons. The molecule has 2 aromatic heterocycles. The maximum atomic E-state index is 11.8. The SMILES string of the molecule is CCCC[C@H](CC)c1nnc(NC(=O)c2ccco2)s1. The molecule has 0 aliphatic carbocycles. The van der Waals surface area contributed by atoms with E-state index >= 15 is 0 Å². The summed E-state index contributed by atoms with van der Waals surface area (Å²) in [4.78, 5) is 11.8. The Labute approximate surface area is 122 Å². The van der Waals surface area contributed by atoms with Gasteiger partial charge in [-0.2, -0.15) is 0 Å². The Balaban J connectivity index is 1.99. The predicted octanol–water partition coefficient (Wildman–Crippen LogP) is 4.07. The standard InChI is InChI=1S/C14H19N3O2S/c1-3-5-7-10(4-2)13-16-17-14(20-13)15-12(18)11-8-6-9-19-11/h6,8-10H,3-5,7H2,1-2H3,(H,15,17,18)/t10-/m0/s1. The number of rotatable bonds is 7. The molecule has 108 valence electrons. The van der Waals surface area contributed by atoms with E-state index in [2.05, 4.69) is 29.4 Å². The summed E-state index contributed by atoms with van der Waals surface area (Å²) < 4.78 is 5.04. The normalized spacial score (nSPS) is 12.3. The monoisotopic (exact) mass is 293 g/mol. The van der Waals surface area contributed by atoms with Crippen molar-refractivity contribution < 1.29 is 9.21 Å². The van der Waals surface area contributed by atoms with E-state index in [0.29, 0.717) is 11.0 Å². The van der Waals surface area contributed by atoms with Gasteiger partial charge in [0.2, 0.25) is 5.13 Å². The number of hydrogen-bond acceptors (Lipinski definition) is 5. The van der Waals surface area contributed by atoms with Crippen LogP contribution in [0.3, 0.4) is 0 Å². The summed E-state index contributed by atoms with van der Waals surface area (Å²) in [5.74, 6) is 0.417. The van der Waals surface area contributed by atoms with E-state index in [1.165, 1.54) is 30.4 Å². The van der Waals surface area contributed by atoms with Crippen LogP contribution in [0.4, 0.5) is 5.13 Å². The Bertz CT molecular complexity index is 536. The fourth-order valence-corrected chi connectivity index (χ4v) is 2.93. The molecule has 0 aliphatic rings. The van der Waals surface area contributed by atoms with Crippen LogP contribution in [0.5, 0.6) is 0 Å². The minimum atomic E-state index is -0.292. The molecular formula is C14H19N3O2S. The van der Waals surface area contributed by atoms with Gasteiger partial charge in [-0.1, -0.05) is 38.0 Å². The van der Waals surface area contributed by atoms with E-state index < -0.39 is 0 Å². The summed E-state index contributed by atoms with van der Waals surface area (Å²) >= 11 is 1.45. The lowest BCUT2D eigenvalue weighted by Gasteiger charge is -2.09. The lowest BCUT2D eigenvalue weighted by Crippen LogP contribution is -2.10. The number of nitrogens with zero attached hydrogens (tertiary/aromatic N) is 2. The van der Waals surface area contributed by atoms with Gasteiger partial charge in [0.1, 0.15) is 5.01 Å². The second-order valence-corrected chi connectivity index (χ2v) is 5.63. The minimum absolute atomic E-state index is 0.278. The maximum absolute atomic E-state index is 11.8. The number of carbonyl (C=O) groups excluding carboxylic acids is 1. The van der Waals surface area contributed by atoms with Crippen molar-refractivity contribution in [1.82, 2.24) is 10.2 Å². The summed E-state index contributed by atoms with van der Waals surface area (Å²) in [7, 11) is 0. The fourth-order valence-electron chi connectivity index (χ4n) is 1.97. The van der Waals surface area contributed by atoms with Gasteiger partial charge in [0.25, 0.3) is 5.91 Å². The first-order valence-corrected chi connectivity index (χ1v) is 7.74. The van der Waals surface area contributed by atoms with Crippen LogP contribution in [0.25, 0.3) is 0 Å². The van der Waals surface area contributed by atoms with Crippen LogP contribution in [-0.2, 0) is 0 Å². The number of aromatic nitrogens is 2. The average molecular weight is 293 g/mol. The topological polar surface area (TPSA) is 68.0 Å². The molecule has 0 saturated heterocycles. The second kappa shape index (κ2) is 7.19. The first-order valence-electron chi connectivity index (χ1n) is 6.92. The van der Waals surface area contributed by atoms with E-state index in [4.69, 9.17) is 4.42 Å². The number of anilines is 1. The molecule has 2 rings (SSSR count). The molecule has 0 fully saturated rings. The van der Waals surface area contributed by atoms with Crippen LogP contribution < -0.4 is 5.32 Å². The number of unbranched alkanes of at least 4 members (excludes halogenated alkanes) is 1. The van der Waals surface area contributed by atoms with Gasteiger partial charge in [0, 0.05) is 5.92 Å². The third kappa shape index (κ3) is 3.66. The third-order valence-electron chi connectivity index (χ3n) is 3.15. The van der Waals surface area contributed by atoms with Gasteiger partial charge < -0.3 is 4.42 Å². The third-order valence-corrected chi connectivity index (χ3v) is 4.16. The predicted molar refractivity (Wildman–Crippen MR) is 79.1 cm³/mol. The molecule has 1 N–H and O–H groups in total. The Morgan fingerprint density at radius 2 is 2.30 bits per heavy atom. The molecule has 0 unspecified atom stereocenters. The summed E-state index contributed by atoms with van der Waals surface area (Å²) in [6.45, 7) is 4.34. The molecule has 0 bridgehead atoms. The zero-order valence-electron chi connectivity index (χ0n) is 11.8. The molecule has 6 heteroatoms. The molecule has 2 heterocycles. The van der Waals surface area contributed by atoms with Crippen LogP contribution >= 0.6 is 11.3 Å². The largest absolute Gasteiger partial charge is 0.459 e. The van der Waals surface area contributed by atoms with Gasteiger partial charge in [0.05, 0.1) is 6.26 Å².